The zero-order valence-corrected chi connectivity index (χ0v) is 26.6. The molecule has 14 heteroatoms. The fourth-order valence-corrected chi connectivity index (χ4v) is 5.63. The Balaban J connectivity index is 1.54. The summed E-state index contributed by atoms with van der Waals surface area (Å²) >= 11 is 0. The summed E-state index contributed by atoms with van der Waals surface area (Å²) in [7, 11) is 3.73. The lowest BCUT2D eigenvalue weighted by atomic mass is 9.85. The zero-order chi connectivity index (χ0) is 32.5. The lowest BCUT2D eigenvalue weighted by Gasteiger charge is -2.35. The maximum Gasteiger partial charge on any atom is 0.416 e. The molecule has 0 unspecified atom stereocenters. The van der Waals surface area contributed by atoms with E-state index in [1.165, 1.54) is 6.07 Å². The van der Waals surface area contributed by atoms with Gasteiger partial charge in [-0.3, -0.25) is 0 Å². The molecule has 1 amide bonds. The highest BCUT2D eigenvalue weighted by molar-refractivity contribution is 5.77. The summed E-state index contributed by atoms with van der Waals surface area (Å²) in [5.41, 5.74) is 0.742. The number of hydrogen-bond acceptors (Lipinski definition) is 8. The standard InChI is InChI=1S/C31H41F3N8O3/c1-20-27(42-28(36-20)24(35-19-39(5)6)18-25(38-42)40-14-16-44-17-15-40)37-23-9-7-8-22(31(32,33)34)26(23)21-10-12-41(13-11-21)29(43)45-30(2,3)4/h7-9,18-19,21,37H,10-17H2,1-6H3/b35-19+. The number of halogens is 3. The number of carbonyl (C=O) groups excluding carboxylic acids is 1. The second-order valence-electron chi connectivity index (χ2n) is 12.6. The number of fused-ring (bicyclic) bond motifs is 1. The van der Waals surface area contributed by atoms with Gasteiger partial charge in [0.15, 0.2) is 17.3 Å². The Labute approximate surface area is 261 Å². The van der Waals surface area contributed by atoms with Crippen molar-refractivity contribution in [1.82, 2.24) is 24.4 Å². The third kappa shape index (κ3) is 7.43. The molecule has 11 nitrogen and oxygen atoms in total. The van der Waals surface area contributed by atoms with Gasteiger partial charge in [-0.15, -0.1) is 5.10 Å². The number of likely N-dealkylation sites (tertiary alicyclic amines) is 1. The van der Waals surface area contributed by atoms with E-state index >= 15 is 0 Å². The van der Waals surface area contributed by atoms with Gasteiger partial charge >= 0.3 is 12.3 Å². The summed E-state index contributed by atoms with van der Waals surface area (Å²) in [6.45, 7) is 10.1. The number of benzene rings is 1. The normalized spacial score (nSPS) is 16.9. The van der Waals surface area contributed by atoms with Crippen molar-refractivity contribution in [2.24, 2.45) is 4.99 Å². The first kappa shape index (κ1) is 32.3. The summed E-state index contributed by atoms with van der Waals surface area (Å²) in [4.78, 5) is 27.5. The van der Waals surface area contributed by atoms with Gasteiger partial charge in [-0.1, -0.05) is 6.07 Å². The van der Waals surface area contributed by atoms with E-state index in [1.54, 1.807) is 49.5 Å². The molecule has 2 saturated heterocycles. The van der Waals surface area contributed by atoms with E-state index in [9.17, 15) is 18.0 Å². The van der Waals surface area contributed by atoms with Gasteiger partial charge in [0.2, 0.25) is 0 Å². The molecule has 0 radical (unpaired) electrons. The molecule has 45 heavy (non-hydrogen) atoms. The Morgan fingerprint density at radius 3 is 2.44 bits per heavy atom. The van der Waals surface area contributed by atoms with Crippen LogP contribution < -0.4 is 10.2 Å². The predicted octanol–water partition coefficient (Wildman–Crippen LogP) is 5.97. The van der Waals surface area contributed by atoms with E-state index in [-0.39, 0.29) is 18.7 Å². The topological polar surface area (TPSA) is 99.8 Å². The minimum absolute atomic E-state index is 0.165. The molecule has 2 aliphatic heterocycles. The zero-order valence-electron chi connectivity index (χ0n) is 26.6. The van der Waals surface area contributed by atoms with Crippen molar-refractivity contribution < 1.29 is 27.4 Å². The van der Waals surface area contributed by atoms with Gasteiger partial charge in [-0.25, -0.2) is 14.8 Å². The number of morpholine rings is 1. The van der Waals surface area contributed by atoms with Crippen LogP contribution in [0, 0.1) is 6.92 Å². The smallest absolute Gasteiger partial charge is 0.416 e. The average molecular weight is 631 g/mol. The lowest BCUT2D eigenvalue weighted by Crippen LogP contribution is -2.41. The monoisotopic (exact) mass is 630 g/mol. The first-order valence-electron chi connectivity index (χ1n) is 15.1. The van der Waals surface area contributed by atoms with E-state index in [4.69, 9.17) is 19.6 Å². The number of anilines is 3. The number of aromatic nitrogens is 3. The highest BCUT2D eigenvalue weighted by atomic mass is 19.4. The molecule has 0 saturated carbocycles. The van der Waals surface area contributed by atoms with Crippen LogP contribution in [0.5, 0.6) is 0 Å². The van der Waals surface area contributed by atoms with E-state index < -0.39 is 29.4 Å². The van der Waals surface area contributed by atoms with Crippen LogP contribution >= 0.6 is 0 Å². The number of rotatable bonds is 6. The third-order valence-electron chi connectivity index (χ3n) is 7.71. The summed E-state index contributed by atoms with van der Waals surface area (Å²) in [6.07, 6.45) is -2.64. The van der Waals surface area contributed by atoms with Crippen molar-refractivity contribution in [3.63, 3.8) is 0 Å². The fourth-order valence-electron chi connectivity index (χ4n) is 5.63. The molecule has 5 rings (SSSR count). The maximum atomic E-state index is 14.5. The molecule has 4 heterocycles. The van der Waals surface area contributed by atoms with Crippen molar-refractivity contribution in [2.45, 2.75) is 58.2 Å². The van der Waals surface area contributed by atoms with Crippen molar-refractivity contribution >= 4 is 41.1 Å². The number of ether oxygens (including phenoxy) is 2. The van der Waals surface area contributed by atoms with Crippen LogP contribution in [0.2, 0.25) is 0 Å². The van der Waals surface area contributed by atoms with E-state index in [0.717, 1.165) is 6.07 Å². The van der Waals surface area contributed by atoms with E-state index in [1.807, 2.05) is 25.1 Å². The number of carbonyl (C=O) groups is 1. The van der Waals surface area contributed by atoms with Crippen molar-refractivity contribution in [3.8, 4) is 0 Å². The molecule has 1 N–H and O–H groups in total. The number of piperidine rings is 1. The van der Waals surface area contributed by atoms with Gasteiger partial charge < -0.3 is 29.5 Å². The Kier molecular flexibility index (Phi) is 9.15. The molecule has 244 valence electrons. The van der Waals surface area contributed by atoms with Crippen LogP contribution in [0.15, 0.2) is 29.3 Å². The van der Waals surface area contributed by atoms with Crippen LogP contribution in [0.1, 0.15) is 56.4 Å². The Morgan fingerprint density at radius 2 is 1.82 bits per heavy atom. The molecule has 2 aliphatic rings. The van der Waals surface area contributed by atoms with Crippen LogP contribution in [-0.2, 0) is 15.7 Å². The van der Waals surface area contributed by atoms with Crippen molar-refractivity contribution in [1.29, 1.82) is 0 Å². The molecule has 0 spiro atoms. The fraction of sp³-hybridized carbons (Fsp3) is 0.548. The highest BCUT2D eigenvalue weighted by Crippen LogP contribution is 2.44. The summed E-state index contributed by atoms with van der Waals surface area (Å²) in [5, 5.41) is 8.16. The number of aliphatic imine (C=N–C) groups is 1. The van der Waals surface area contributed by atoms with Gasteiger partial charge in [0.1, 0.15) is 11.3 Å². The summed E-state index contributed by atoms with van der Waals surface area (Å²) < 4.78 is 56.0. The molecule has 0 aliphatic carbocycles. The minimum Gasteiger partial charge on any atom is -0.444 e. The molecular formula is C31H41F3N8O3. The first-order chi connectivity index (χ1) is 21.2. The van der Waals surface area contributed by atoms with Crippen molar-refractivity contribution in [3.05, 3.63) is 41.1 Å². The van der Waals surface area contributed by atoms with Gasteiger partial charge in [0.25, 0.3) is 0 Å². The summed E-state index contributed by atoms with van der Waals surface area (Å²) in [6, 6.07) is 6.04. The number of alkyl halides is 3. The van der Waals surface area contributed by atoms with E-state index in [2.05, 4.69) is 15.2 Å². The number of amides is 1. The maximum absolute atomic E-state index is 14.5. The molecule has 0 atom stereocenters. The lowest BCUT2D eigenvalue weighted by molar-refractivity contribution is -0.138. The Bertz CT molecular complexity index is 1550. The van der Waals surface area contributed by atoms with Crippen LogP contribution in [0.4, 0.5) is 41.0 Å². The second kappa shape index (κ2) is 12.7. The number of imidazole rings is 1. The van der Waals surface area contributed by atoms with Gasteiger partial charge in [0, 0.05) is 52.0 Å². The number of nitrogens with one attached hydrogen (secondary N) is 1. The van der Waals surface area contributed by atoms with Crippen LogP contribution in [0.3, 0.4) is 0 Å². The number of nitrogens with zero attached hydrogens (tertiary/aromatic N) is 7. The molecule has 0 bridgehead atoms. The van der Waals surface area contributed by atoms with Gasteiger partial charge in [-0.05, 0) is 64.2 Å². The Morgan fingerprint density at radius 1 is 1.13 bits per heavy atom. The molecule has 3 aromatic rings. The van der Waals surface area contributed by atoms with Gasteiger partial charge in [0.05, 0.1) is 30.8 Å². The first-order valence-corrected chi connectivity index (χ1v) is 15.1. The summed E-state index contributed by atoms with van der Waals surface area (Å²) in [5.74, 6) is 0.671. The number of aryl methyl sites for hydroxylation is 1. The highest BCUT2D eigenvalue weighted by Gasteiger charge is 2.38. The SMILES string of the molecule is Cc1nc2c(/N=C/N(C)C)cc(N3CCOCC3)nn2c1Nc1cccc(C(F)(F)F)c1C1CCN(C(=O)OC(C)(C)C)CC1. The Hall–Kier alpha value is -4.07. The minimum atomic E-state index is -4.57. The molecule has 1 aromatic carbocycles. The largest absolute Gasteiger partial charge is 0.444 e. The van der Waals surface area contributed by atoms with Crippen LogP contribution in [-0.4, -0.2) is 95.9 Å². The quantitative estimate of drug-likeness (QED) is 0.263. The average Bonchev–Trinajstić information content (AvgIpc) is 3.29. The molecule has 2 aromatic heterocycles. The van der Waals surface area contributed by atoms with E-state index in [0.29, 0.717) is 73.5 Å². The molecular weight excluding hydrogens is 589 g/mol. The third-order valence-corrected chi connectivity index (χ3v) is 7.71. The van der Waals surface area contributed by atoms with Crippen LogP contribution in [0.25, 0.3) is 5.65 Å². The predicted molar refractivity (Wildman–Crippen MR) is 167 cm³/mol. The second-order valence-corrected chi connectivity index (χ2v) is 12.6. The molecule has 2 fully saturated rings. The number of hydrogen-bond donors (Lipinski definition) is 1. The van der Waals surface area contributed by atoms with Crippen molar-refractivity contribution in [2.75, 3.05) is 63.7 Å². The van der Waals surface area contributed by atoms with Gasteiger partial charge in [-0.2, -0.15) is 17.7 Å².